The van der Waals surface area contributed by atoms with Crippen molar-refractivity contribution in [1.29, 1.82) is 0 Å². The number of furan rings is 1. The molecule has 2 amide bonds. The van der Waals surface area contributed by atoms with Crippen molar-refractivity contribution in [1.82, 2.24) is 0 Å². The Hall–Kier alpha value is -1.66. The van der Waals surface area contributed by atoms with Gasteiger partial charge in [0.15, 0.2) is 0 Å². The lowest BCUT2D eigenvalue weighted by Gasteiger charge is -2.05. The molecule has 1 heterocycles. The molecule has 0 saturated heterocycles. The minimum absolute atomic E-state index is 0.0427. The molecule has 0 aliphatic heterocycles. The molecule has 0 atom stereocenters. The lowest BCUT2D eigenvalue weighted by Crippen LogP contribution is -2.21. The Balaban J connectivity index is 3.09. The van der Waals surface area contributed by atoms with Crippen LogP contribution in [0.3, 0.4) is 0 Å². The van der Waals surface area contributed by atoms with Crippen LogP contribution in [0.2, 0.25) is 0 Å². The third-order valence-corrected chi connectivity index (χ3v) is 1.37. The third-order valence-electron chi connectivity index (χ3n) is 1.37. The number of hydrogen-bond donors (Lipinski definition) is 2. The van der Waals surface area contributed by atoms with Gasteiger partial charge in [0.1, 0.15) is 5.76 Å². The molecule has 0 saturated carbocycles. The zero-order chi connectivity index (χ0) is 10.9. The van der Waals surface area contributed by atoms with Crippen LogP contribution in [0.5, 0.6) is 0 Å². The van der Waals surface area contributed by atoms with E-state index in [1.54, 1.807) is 0 Å². The second kappa shape index (κ2) is 3.24. The molecule has 3 N–H and O–H groups in total. The van der Waals surface area contributed by atoms with E-state index >= 15 is 0 Å². The van der Waals surface area contributed by atoms with Crippen LogP contribution in [0.15, 0.2) is 10.5 Å². The van der Waals surface area contributed by atoms with Crippen LogP contribution in [0.4, 0.5) is 23.7 Å². The van der Waals surface area contributed by atoms with Crippen LogP contribution in [0.25, 0.3) is 0 Å². The van der Waals surface area contributed by atoms with Crippen molar-refractivity contribution in [3.63, 3.8) is 0 Å². The molecule has 0 fully saturated rings. The fraction of sp³-hybridized carbons (Fsp3) is 0.286. The van der Waals surface area contributed by atoms with Crippen LogP contribution < -0.4 is 11.1 Å². The average molecular weight is 208 g/mol. The van der Waals surface area contributed by atoms with E-state index in [1.165, 1.54) is 6.92 Å². The molecule has 0 aliphatic carbocycles. The van der Waals surface area contributed by atoms with Crippen LogP contribution >= 0.6 is 0 Å². The standard InChI is InChI=1S/C7H7F3N2O2/c1-3-2-4(12-6(11)13)5(14-3)7(8,9)10/h2H,1H3,(H3,11,12,13). The van der Waals surface area contributed by atoms with Gasteiger partial charge in [-0.15, -0.1) is 0 Å². The Kier molecular flexibility index (Phi) is 2.41. The summed E-state index contributed by atoms with van der Waals surface area (Å²) in [6.45, 7) is 1.33. The summed E-state index contributed by atoms with van der Waals surface area (Å²) in [6, 6.07) is -0.0237. The van der Waals surface area contributed by atoms with Crippen molar-refractivity contribution >= 4 is 11.7 Å². The molecule has 0 aliphatic rings. The van der Waals surface area contributed by atoms with Gasteiger partial charge in [-0.25, -0.2) is 4.79 Å². The van der Waals surface area contributed by atoms with Gasteiger partial charge in [0.25, 0.3) is 0 Å². The first-order valence-electron chi connectivity index (χ1n) is 3.55. The SMILES string of the molecule is Cc1cc(NC(N)=O)c(C(F)(F)F)o1. The maximum absolute atomic E-state index is 12.2. The number of halogens is 3. The highest BCUT2D eigenvalue weighted by atomic mass is 19.4. The minimum atomic E-state index is -4.65. The normalized spacial score (nSPS) is 11.4. The minimum Gasteiger partial charge on any atom is -0.455 e. The largest absolute Gasteiger partial charge is 0.455 e. The van der Waals surface area contributed by atoms with E-state index in [0.717, 1.165) is 6.07 Å². The quantitative estimate of drug-likeness (QED) is 0.741. The third kappa shape index (κ3) is 2.18. The number of nitrogens with one attached hydrogen (secondary N) is 1. The fourth-order valence-electron chi connectivity index (χ4n) is 0.950. The number of primary amides is 1. The lowest BCUT2D eigenvalue weighted by molar-refractivity contribution is -0.152. The number of anilines is 1. The predicted octanol–water partition coefficient (Wildman–Crippen LogP) is 2.10. The van der Waals surface area contributed by atoms with Crippen LogP contribution in [0.1, 0.15) is 11.5 Å². The number of alkyl halides is 3. The van der Waals surface area contributed by atoms with E-state index in [4.69, 9.17) is 0 Å². The van der Waals surface area contributed by atoms with E-state index in [2.05, 4.69) is 10.2 Å². The predicted molar refractivity (Wildman–Crippen MR) is 41.7 cm³/mol. The number of urea groups is 1. The van der Waals surface area contributed by atoms with Gasteiger partial charge in [-0.3, -0.25) is 0 Å². The topological polar surface area (TPSA) is 68.3 Å². The first-order chi connectivity index (χ1) is 6.30. The number of nitrogens with two attached hydrogens (primary N) is 1. The van der Waals surface area contributed by atoms with Crippen LogP contribution in [-0.4, -0.2) is 6.03 Å². The zero-order valence-corrected chi connectivity index (χ0v) is 7.11. The van der Waals surface area contributed by atoms with Crippen molar-refractivity contribution in [3.05, 3.63) is 17.6 Å². The molecule has 14 heavy (non-hydrogen) atoms. The Bertz CT molecular complexity index is 356. The molecule has 78 valence electrons. The highest BCUT2D eigenvalue weighted by Crippen LogP contribution is 2.36. The second-order valence-electron chi connectivity index (χ2n) is 2.59. The van der Waals surface area contributed by atoms with Gasteiger partial charge in [0.2, 0.25) is 5.76 Å². The molecule has 1 rings (SSSR count). The molecule has 1 aromatic rings. The highest BCUT2D eigenvalue weighted by Gasteiger charge is 2.38. The molecule has 1 aromatic heterocycles. The number of carbonyl (C=O) groups excluding carboxylic acids is 1. The summed E-state index contributed by atoms with van der Waals surface area (Å²) in [5.41, 5.74) is 4.22. The second-order valence-corrected chi connectivity index (χ2v) is 2.59. The molecule has 4 nitrogen and oxygen atoms in total. The number of rotatable bonds is 1. The molecule has 0 radical (unpaired) electrons. The molecule has 0 spiro atoms. The lowest BCUT2D eigenvalue weighted by atomic mass is 10.3. The van der Waals surface area contributed by atoms with Crippen molar-refractivity contribution in [2.75, 3.05) is 5.32 Å². The molecular formula is C7H7F3N2O2. The molecule has 0 aromatic carbocycles. The number of hydrogen-bond acceptors (Lipinski definition) is 2. The van der Waals surface area contributed by atoms with Crippen molar-refractivity contribution < 1.29 is 22.4 Å². The maximum Gasteiger partial charge on any atom is 0.451 e. The smallest absolute Gasteiger partial charge is 0.451 e. The van der Waals surface area contributed by atoms with E-state index in [-0.39, 0.29) is 5.76 Å². The highest BCUT2D eigenvalue weighted by molar-refractivity contribution is 5.88. The fourth-order valence-corrected chi connectivity index (χ4v) is 0.950. The van der Waals surface area contributed by atoms with E-state index in [1.807, 2.05) is 5.32 Å². The molecule has 7 heteroatoms. The van der Waals surface area contributed by atoms with Crippen molar-refractivity contribution in [3.8, 4) is 0 Å². The Morgan fingerprint density at radius 1 is 1.57 bits per heavy atom. The first kappa shape index (κ1) is 10.4. The van der Waals surface area contributed by atoms with Gasteiger partial charge in [-0.2, -0.15) is 13.2 Å². The van der Waals surface area contributed by atoms with Crippen LogP contribution in [0, 0.1) is 6.92 Å². The van der Waals surface area contributed by atoms with E-state index < -0.39 is 23.7 Å². The number of amides is 2. The summed E-state index contributed by atoms with van der Waals surface area (Å²) in [5, 5.41) is 1.83. The molecule has 0 unspecified atom stereocenters. The van der Waals surface area contributed by atoms with E-state index in [0.29, 0.717) is 0 Å². The maximum atomic E-state index is 12.2. The summed E-state index contributed by atoms with van der Waals surface area (Å²) in [4.78, 5) is 10.4. The van der Waals surface area contributed by atoms with Crippen molar-refractivity contribution in [2.24, 2.45) is 5.73 Å². The Labute approximate surface area is 76.9 Å². The van der Waals surface area contributed by atoms with Gasteiger partial charge in [-0.05, 0) is 6.92 Å². The van der Waals surface area contributed by atoms with Gasteiger partial charge in [-0.1, -0.05) is 0 Å². The van der Waals surface area contributed by atoms with E-state index in [9.17, 15) is 18.0 Å². The van der Waals surface area contributed by atoms with Crippen LogP contribution in [-0.2, 0) is 6.18 Å². The molecule has 0 bridgehead atoms. The van der Waals surface area contributed by atoms with Gasteiger partial charge in [0, 0.05) is 6.07 Å². The first-order valence-corrected chi connectivity index (χ1v) is 3.55. The monoisotopic (exact) mass is 208 g/mol. The summed E-state index contributed by atoms with van der Waals surface area (Å²) in [6.07, 6.45) is -4.65. The molecular weight excluding hydrogens is 201 g/mol. The average Bonchev–Trinajstić information content (AvgIpc) is 2.28. The van der Waals surface area contributed by atoms with Crippen molar-refractivity contribution in [2.45, 2.75) is 13.1 Å². The zero-order valence-electron chi connectivity index (χ0n) is 7.11. The summed E-state index contributed by atoms with van der Waals surface area (Å²) >= 11 is 0. The Morgan fingerprint density at radius 2 is 2.14 bits per heavy atom. The number of aryl methyl sites for hydroxylation is 1. The van der Waals surface area contributed by atoms with Gasteiger partial charge >= 0.3 is 12.2 Å². The summed E-state index contributed by atoms with van der Waals surface area (Å²) < 4.78 is 41.1. The summed E-state index contributed by atoms with van der Waals surface area (Å²) in [7, 11) is 0. The summed E-state index contributed by atoms with van der Waals surface area (Å²) in [5.74, 6) is -1.21. The Morgan fingerprint density at radius 3 is 2.57 bits per heavy atom. The van der Waals surface area contributed by atoms with Gasteiger partial charge < -0.3 is 15.5 Å². The number of carbonyl (C=O) groups is 1. The van der Waals surface area contributed by atoms with Gasteiger partial charge in [0.05, 0.1) is 5.69 Å².